The van der Waals surface area contributed by atoms with Gasteiger partial charge in [-0.3, -0.25) is 58.0 Å². The van der Waals surface area contributed by atoms with Crippen LogP contribution < -0.4 is 0 Å². The van der Waals surface area contributed by atoms with Crippen LogP contribution in [0.5, 0.6) is 0 Å². The third kappa shape index (κ3) is 19.8. The summed E-state index contributed by atoms with van der Waals surface area (Å²) in [6.45, 7) is -4.40. The molecule has 12 aromatic carbocycles. The molecule has 10 unspecified atom stereocenters. The van der Waals surface area contributed by atoms with Crippen molar-refractivity contribution in [2.45, 2.75) is 123 Å². The second-order valence-corrected chi connectivity index (χ2v) is 35.6. The molecular weight excluding hydrogens is 1940 g/mol. The predicted molar refractivity (Wildman–Crippen MR) is 515 cm³/mol. The molecule has 150 heavy (non-hydrogen) atoms. The smallest absolute Gasteiger partial charge is 0.338 e. The van der Waals surface area contributed by atoms with Gasteiger partial charge in [-0.15, -0.1) is 0 Å². The van der Waals surface area contributed by atoms with Gasteiger partial charge in [-0.1, -0.05) is 194 Å². The molecule has 4 fully saturated rings. The standard InChI is InChI=1S/C113H88N4O33/c1-135-110-83(115-96(121)72-52-28-29-53-73(72)97(115)122)91(145-107(132)67-44-20-7-21-45-67)87(79(141-110)59-137-103(128)63-36-12-3-13-37-63)149-112-85(117-100(125)76-56-32-33-57-77(76)101(117)126)93(147-109(134)69-48-24-9-25-49-69)89(81(143-112)61-139-105(130)65-40-16-5-17-41-65)150-113-84(116-98(123)74-54-30-31-55-75(74)99(116)124)92(146-108(133)68-46-22-8-23-47-68)88(80(142-113)60-138-104(129)64-38-14-4-15-39-64)148-111-82(114-94(119)70-50-26-27-51-71(70)95(114)120)90(144-106(131)66-42-18-6-19-43-66)86(118)78(140-111)58-136-102(127)62-34-10-2-11-35-62/h2-57,78-93,110-113,118H,58-61H2,1H3/t78?,79?,80?,81?,82-,83+,84+,85-,86?,87-,88-,89?,90+,91?,92?,93+,110-,111?,112?,113+/m0/s1. The van der Waals surface area contributed by atoms with Gasteiger partial charge in [0, 0.05) is 7.11 Å². The molecule has 0 spiro atoms. The molecule has 20 rings (SSSR count). The van der Waals surface area contributed by atoms with Crippen LogP contribution >= 0.6 is 0 Å². The maximum atomic E-state index is 16.5. The van der Waals surface area contributed by atoms with Gasteiger partial charge in [0.15, 0.2) is 49.6 Å². The number of hydrogen-bond acceptors (Lipinski definition) is 33. The molecule has 8 aliphatic heterocycles. The lowest BCUT2D eigenvalue weighted by Crippen LogP contribution is -2.73. The van der Waals surface area contributed by atoms with Gasteiger partial charge in [-0.25, -0.2) is 38.4 Å². The summed E-state index contributed by atoms with van der Waals surface area (Å²) in [6.07, 6.45) is -37.6. The number of amides is 8. The van der Waals surface area contributed by atoms with Crippen LogP contribution in [0.15, 0.2) is 340 Å². The topological polar surface area (TPSA) is 454 Å². The van der Waals surface area contributed by atoms with Crippen molar-refractivity contribution in [2.24, 2.45) is 0 Å². The van der Waals surface area contributed by atoms with Gasteiger partial charge in [0.2, 0.25) is 0 Å². The molecule has 12 aromatic rings. The number of ether oxygens (including phenoxy) is 16. The number of nitrogens with zero attached hydrogens (tertiary/aromatic N) is 4. The van der Waals surface area contributed by atoms with E-state index in [9.17, 15) is 14.7 Å². The fourth-order valence-corrected chi connectivity index (χ4v) is 19.5. The van der Waals surface area contributed by atoms with Crippen LogP contribution in [0.25, 0.3) is 0 Å². The summed E-state index contributed by atoms with van der Waals surface area (Å²) in [5, 5.41) is 13.2. The molecule has 758 valence electrons. The largest absolute Gasteiger partial charge is 0.459 e. The Hall–Kier alpha value is -17.4. The van der Waals surface area contributed by atoms with Gasteiger partial charge in [-0.05, 0) is 146 Å². The average molecular weight is 2030 g/mol. The number of methoxy groups -OCH3 is 1. The third-order valence-electron chi connectivity index (χ3n) is 26.6. The Morgan fingerprint density at radius 2 is 0.387 bits per heavy atom. The fourth-order valence-electron chi connectivity index (χ4n) is 19.5. The van der Waals surface area contributed by atoms with Crippen LogP contribution in [0, 0.1) is 0 Å². The predicted octanol–water partition coefficient (Wildman–Crippen LogP) is 11.0. The van der Waals surface area contributed by atoms with Gasteiger partial charge >= 0.3 is 47.8 Å². The van der Waals surface area contributed by atoms with Gasteiger partial charge < -0.3 is 80.9 Å². The molecular formula is C113H88N4O33. The molecule has 0 radical (unpaired) electrons. The number of rotatable bonds is 31. The van der Waals surface area contributed by atoms with E-state index in [2.05, 4.69) is 0 Å². The second kappa shape index (κ2) is 43.7. The van der Waals surface area contributed by atoms with Crippen molar-refractivity contribution >= 4 is 95.0 Å². The first-order chi connectivity index (χ1) is 73.0. The maximum Gasteiger partial charge on any atom is 0.338 e. The number of esters is 8. The monoisotopic (exact) mass is 2030 g/mol. The molecule has 8 amide bonds. The van der Waals surface area contributed by atoms with Crippen molar-refractivity contribution < 1.29 is 158 Å². The van der Waals surface area contributed by atoms with E-state index in [1.165, 1.54) is 303 Å². The third-order valence-corrected chi connectivity index (χ3v) is 26.6. The number of aliphatic hydroxyl groups excluding tert-OH is 1. The Morgan fingerprint density at radius 1 is 0.220 bits per heavy atom. The highest BCUT2D eigenvalue weighted by molar-refractivity contribution is 6.24. The highest BCUT2D eigenvalue weighted by atomic mass is 16.8. The zero-order valence-corrected chi connectivity index (χ0v) is 79.0. The quantitative estimate of drug-likeness (QED) is 0.0239. The second-order valence-electron chi connectivity index (χ2n) is 35.6. The van der Waals surface area contributed by atoms with Crippen LogP contribution in [0.3, 0.4) is 0 Å². The summed E-state index contributed by atoms with van der Waals surface area (Å²) in [5.41, 5.74) is -3.40. The molecule has 37 heteroatoms. The van der Waals surface area contributed by atoms with Gasteiger partial charge in [-0.2, -0.15) is 0 Å². The van der Waals surface area contributed by atoms with Crippen molar-refractivity contribution in [1.29, 1.82) is 0 Å². The number of fused-ring (bicyclic) bond motifs is 4. The Bertz CT molecular complexity index is 7060. The Morgan fingerprint density at radius 3 is 0.600 bits per heavy atom. The van der Waals surface area contributed by atoms with Crippen molar-refractivity contribution in [3.8, 4) is 0 Å². The van der Waals surface area contributed by atoms with Crippen molar-refractivity contribution in [3.05, 3.63) is 429 Å². The molecule has 4 saturated heterocycles. The van der Waals surface area contributed by atoms with Gasteiger partial charge in [0.25, 0.3) is 47.3 Å². The van der Waals surface area contributed by atoms with E-state index in [4.69, 9.17) is 75.8 Å². The molecule has 20 atom stereocenters. The van der Waals surface area contributed by atoms with Crippen LogP contribution in [0.2, 0.25) is 0 Å². The lowest BCUT2D eigenvalue weighted by atomic mass is 9.91. The van der Waals surface area contributed by atoms with E-state index in [-0.39, 0.29) is 89.0 Å². The maximum absolute atomic E-state index is 16.5. The normalized spacial score (nSPS) is 25.1. The molecule has 0 aliphatic carbocycles. The molecule has 0 aromatic heterocycles. The van der Waals surface area contributed by atoms with E-state index >= 15 is 67.1 Å². The van der Waals surface area contributed by atoms with E-state index in [0.29, 0.717) is 19.6 Å². The van der Waals surface area contributed by atoms with Gasteiger partial charge in [0.05, 0.1) is 89.0 Å². The molecule has 8 heterocycles. The van der Waals surface area contributed by atoms with E-state index in [1.807, 2.05) is 0 Å². The average Bonchev–Trinajstić information content (AvgIpc) is 1.50. The minimum absolute atomic E-state index is 0.0238. The molecule has 8 aliphatic rings. The number of hydrogen-bond donors (Lipinski definition) is 1. The lowest BCUT2D eigenvalue weighted by molar-refractivity contribution is -0.368. The highest BCUT2D eigenvalue weighted by Gasteiger charge is 2.67. The minimum atomic E-state index is -2.71. The van der Waals surface area contributed by atoms with Gasteiger partial charge in [0.1, 0.15) is 99.4 Å². The summed E-state index contributed by atoms with van der Waals surface area (Å²) in [7, 11) is 1.12. The number of benzene rings is 12. The SMILES string of the molecule is CO[C@H]1OC(COC(=O)c2ccccc2)[C@H](OC2OC(COC(=O)c3ccccc3)C(O[C@H]3OC(COC(=O)c4ccccc4)[C@H](OC4OC(COC(=O)c5ccccc5)C(O)[C@H](OC(=O)c5ccccc5)[C@@H]4N4C(=O)c5ccccc5C4=O)C(OC(=O)c4ccccc4)[C@H]3N3C(=O)c4ccccc4C3=O)[C@H](OC(=O)c3ccccc3)[C@@H]2N2C(=O)c3ccccc3C2=O)C(OC(=O)c2ccccc2)[C@H]1N1C(=O)c2ccccc2C1=O. The van der Waals surface area contributed by atoms with Crippen molar-refractivity contribution in [3.63, 3.8) is 0 Å². The van der Waals surface area contributed by atoms with E-state index < -0.39 is 244 Å². The number of aliphatic hydroxyl groups is 1. The number of imide groups is 4. The van der Waals surface area contributed by atoms with Crippen molar-refractivity contribution in [1.82, 2.24) is 19.6 Å². The van der Waals surface area contributed by atoms with Crippen LogP contribution in [0.4, 0.5) is 0 Å². The highest BCUT2D eigenvalue weighted by Crippen LogP contribution is 2.47. The Balaban J connectivity index is 0.804. The zero-order valence-electron chi connectivity index (χ0n) is 79.0. The fraction of sp³-hybridized carbons (Fsp3) is 0.221. The molecule has 37 nitrogen and oxygen atoms in total. The zero-order chi connectivity index (χ0) is 104. The molecule has 0 bridgehead atoms. The van der Waals surface area contributed by atoms with Crippen LogP contribution in [0.1, 0.15) is 166 Å². The Kier molecular flexibility index (Phi) is 29.1. The van der Waals surface area contributed by atoms with Crippen molar-refractivity contribution in [2.75, 3.05) is 33.5 Å². The van der Waals surface area contributed by atoms with Crippen LogP contribution in [-0.2, 0) is 75.8 Å². The first-order valence-electron chi connectivity index (χ1n) is 47.6. The Labute approximate surface area is 852 Å². The summed E-state index contributed by atoms with van der Waals surface area (Å²) < 4.78 is 109. The summed E-state index contributed by atoms with van der Waals surface area (Å²) in [6, 6.07) is 70.3. The first kappa shape index (κ1) is 99.9. The molecule has 0 saturated carbocycles. The van der Waals surface area contributed by atoms with Crippen LogP contribution in [-0.4, -0.2) is 276 Å². The number of carbonyl (C=O) groups excluding carboxylic acids is 16. The number of carbonyl (C=O) groups is 16. The van der Waals surface area contributed by atoms with E-state index in [0.717, 1.165) is 7.11 Å². The van der Waals surface area contributed by atoms with E-state index in [1.54, 1.807) is 36.4 Å². The lowest BCUT2D eigenvalue weighted by Gasteiger charge is -2.53. The summed E-state index contributed by atoms with van der Waals surface area (Å²) >= 11 is 0. The first-order valence-corrected chi connectivity index (χ1v) is 47.6. The minimum Gasteiger partial charge on any atom is -0.459 e. The summed E-state index contributed by atoms with van der Waals surface area (Å²) in [5.74, 6) is -18.6. The molecule has 1 N–H and O–H groups in total. The summed E-state index contributed by atoms with van der Waals surface area (Å²) in [4.78, 5) is 253.